The van der Waals surface area contributed by atoms with Gasteiger partial charge in [-0.05, 0) is 31.0 Å². The van der Waals surface area contributed by atoms with Crippen molar-refractivity contribution in [2.75, 3.05) is 0 Å². The van der Waals surface area contributed by atoms with Crippen molar-refractivity contribution in [3.05, 3.63) is 65.7 Å². The summed E-state index contributed by atoms with van der Waals surface area (Å²) in [5, 5.41) is 0. The first kappa shape index (κ1) is 17.7. The first-order valence-electron chi connectivity index (χ1n) is 8.17. The van der Waals surface area contributed by atoms with E-state index in [1.165, 1.54) is 0 Å². The average Bonchev–Trinajstić information content (AvgIpc) is 2.55. The van der Waals surface area contributed by atoms with Crippen LogP contribution in [0.25, 0.3) is 0 Å². The second-order valence-electron chi connectivity index (χ2n) is 5.89. The Morgan fingerprint density at radius 1 is 0.957 bits per heavy atom. The Labute approximate surface area is 139 Å². The zero-order chi connectivity index (χ0) is 16.7. The fraction of sp³-hybridized carbons (Fsp3) is 0.368. The molecule has 124 valence electrons. The van der Waals surface area contributed by atoms with Crippen LogP contribution < -0.4 is 4.72 Å². The number of unbranched alkanes of at least 4 members (excludes halogenated alkanes) is 2. The van der Waals surface area contributed by atoms with E-state index in [0.29, 0.717) is 4.90 Å². The van der Waals surface area contributed by atoms with Gasteiger partial charge in [0.2, 0.25) is 10.0 Å². The number of hydrogen-bond donors (Lipinski definition) is 1. The topological polar surface area (TPSA) is 46.2 Å². The number of benzene rings is 2. The minimum absolute atomic E-state index is 0.186. The predicted octanol–water partition coefficient (Wildman–Crippen LogP) is 4.59. The smallest absolute Gasteiger partial charge is 0.207 e. The van der Waals surface area contributed by atoms with Crippen LogP contribution in [-0.4, -0.2) is 8.42 Å². The number of rotatable bonds is 8. The molecule has 23 heavy (non-hydrogen) atoms. The summed E-state index contributed by atoms with van der Waals surface area (Å²) in [6, 6.07) is 16.6. The van der Waals surface area contributed by atoms with Gasteiger partial charge in [-0.3, -0.25) is 0 Å². The van der Waals surface area contributed by atoms with E-state index in [9.17, 15) is 8.42 Å². The molecule has 0 saturated carbocycles. The summed E-state index contributed by atoms with van der Waals surface area (Å²) in [5.74, 6) is 0. The monoisotopic (exact) mass is 331 g/mol. The summed E-state index contributed by atoms with van der Waals surface area (Å²) in [6.07, 6.45) is 4.04. The third-order valence-electron chi connectivity index (χ3n) is 3.93. The maximum atomic E-state index is 12.6. The third kappa shape index (κ3) is 5.19. The van der Waals surface area contributed by atoms with Gasteiger partial charge in [0.15, 0.2) is 0 Å². The zero-order valence-corrected chi connectivity index (χ0v) is 14.6. The lowest BCUT2D eigenvalue weighted by Crippen LogP contribution is -2.28. The lowest BCUT2D eigenvalue weighted by Gasteiger charge is -2.19. The van der Waals surface area contributed by atoms with E-state index in [1.54, 1.807) is 12.1 Å². The zero-order valence-electron chi connectivity index (χ0n) is 13.8. The molecule has 0 aromatic heterocycles. The second-order valence-corrected chi connectivity index (χ2v) is 7.61. The van der Waals surface area contributed by atoms with E-state index in [1.807, 2.05) is 49.4 Å². The Hall–Kier alpha value is -1.65. The Balaban J connectivity index is 2.20. The van der Waals surface area contributed by atoms with Crippen LogP contribution in [0.3, 0.4) is 0 Å². The molecule has 2 aromatic carbocycles. The Kier molecular flexibility index (Phi) is 6.37. The molecular weight excluding hydrogens is 306 g/mol. The normalized spacial score (nSPS) is 13.0. The van der Waals surface area contributed by atoms with Gasteiger partial charge in [-0.2, -0.15) is 0 Å². The molecule has 0 aliphatic heterocycles. The summed E-state index contributed by atoms with van der Waals surface area (Å²) in [7, 11) is -3.51. The van der Waals surface area contributed by atoms with Crippen LogP contribution >= 0.6 is 0 Å². The van der Waals surface area contributed by atoms with E-state index < -0.39 is 10.0 Å². The molecule has 3 nitrogen and oxygen atoms in total. The maximum absolute atomic E-state index is 12.6. The molecule has 1 N–H and O–H groups in total. The highest BCUT2D eigenvalue weighted by Gasteiger charge is 2.20. The second kappa shape index (κ2) is 8.27. The molecule has 0 radical (unpaired) electrons. The van der Waals surface area contributed by atoms with Crippen LogP contribution in [0.5, 0.6) is 0 Å². The van der Waals surface area contributed by atoms with Gasteiger partial charge in [0.1, 0.15) is 0 Å². The van der Waals surface area contributed by atoms with E-state index >= 15 is 0 Å². The van der Waals surface area contributed by atoms with Gasteiger partial charge in [-0.1, -0.05) is 74.2 Å². The van der Waals surface area contributed by atoms with Gasteiger partial charge in [0.25, 0.3) is 0 Å². The van der Waals surface area contributed by atoms with Crippen molar-refractivity contribution in [1.29, 1.82) is 0 Å². The molecule has 2 rings (SSSR count). The summed E-state index contributed by atoms with van der Waals surface area (Å²) >= 11 is 0. The first-order chi connectivity index (χ1) is 11.0. The molecule has 4 heteroatoms. The first-order valence-corrected chi connectivity index (χ1v) is 9.65. The van der Waals surface area contributed by atoms with Gasteiger partial charge in [0, 0.05) is 6.04 Å². The van der Waals surface area contributed by atoms with Crippen LogP contribution in [-0.2, 0) is 10.0 Å². The number of hydrogen-bond acceptors (Lipinski definition) is 2. The molecule has 0 amide bonds. The van der Waals surface area contributed by atoms with Gasteiger partial charge in [-0.25, -0.2) is 13.1 Å². The molecule has 0 fully saturated rings. The molecular formula is C19H25NO2S. The highest BCUT2D eigenvalue weighted by Crippen LogP contribution is 2.23. The summed E-state index contributed by atoms with van der Waals surface area (Å²) in [5.41, 5.74) is 2.06. The summed E-state index contributed by atoms with van der Waals surface area (Å²) < 4.78 is 28.2. The van der Waals surface area contributed by atoms with Crippen LogP contribution in [0.2, 0.25) is 0 Å². The number of aryl methyl sites for hydroxylation is 1. The van der Waals surface area contributed by atoms with E-state index in [2.05, 4.69) is 11.6 Å². The van der Waals surface area contributed by atoms with Gasteiger partial charge in [-0.15, -0.1) is 0 Å². The minimum Gasteiger partial charge on any atom is -0.207 e. The Bertz CT molecular complexity index is 694. The summed E-state index contributed by atoms with van der Waals surface area (Å²) in [4.78, 5) is 0.319. The van der Waals surface area contributed by atoms with Crippen molar-refractivity contribution < 1.29 is 8.42 Å². The molecule has 0 saturated heterocycles. The van der Waals surface area contributed by atoms with Crippen LogP contribution in [0.15, 0.2) is 59.5 Å². The van der Waals surface area contributed by atoms with Crippen molar-refractivity contribution in [3.8, 4) is 0 Å². The molecule has 0 spiro atoms. The van der Waals surface area contributed by atoms with Crippen LogP contribution in [0.1, 0.15) is 49.8 Å². The maximum Gasteiger partial charge on any atom is 0.241 e. The molecule has 0 bridgehead atoms. The Morgan fingerprint density at radius 2 is 1.61 bits per heavy atom. The molecule has 0 aliphatic carbocycles. The average molecular weight is 331 g/mol. The lowest BCUT2D eigenvalue weighted by atomic mass is 10.0. The summed E-state index contributed by atoms with van der Waals surface area (Å²) in [6.45, 7) is 4.09. The van der Waals surface area contributed by atoms with Crippen molar-refractivity contribution in [1.82, 2.24) is 4.72 Å². The molecule has 0 heterocycles. The fourth-order valence-electron chi connectivity index (χ4n) is 2.55. The van der Waals surface area contributed by atoms with Crippen LogP contribution in [0.4, 0.5) is 0 Å². The molecule has 2 aromatic rings. The van der Waals surface area contributed by atoms with Crippen molar-refractivity contribution >= 4 is 10.0 Å². The van der Waals surface area contributed by atoms with E-state index in [-0.39, 0.29) is 6.04 Å². The largest absolute Gasteiger partial charge is 0.241 e. The van der Waals surface area contributed by atoms with Gasteiger partial charge in [0.05, 0.1) is 4.90 Å². The highest BCUT2D eigenvalue weighted by atomic mass is 32.2. The van der Waals surface area contributed by atoms with Crippen molar-refractivity contribution in [3.63, 3.8) is 0 Å². The minimum atomic E-state index is -3.51. The Morgan fingerprint density at radius 3 is 2.22 bits per heavy atom. The van der Waals surface area contributed by atoms with E-state index in [0.717, 1.165) is 36.8 Å². The fourth-order valence-corrected chi connectivity index (χ4v) is 3.81. The predicted molar refractivity (Wildman–Crippen MR) is 94.8 cm³/mol. The SMILES string of the molecule is CCCCCC(NS(=O)(=O)c1ccc(C)cc1)c1ccccc1. The molecule has 1 unspecified atom stereocenters. The lowest BCUT2D eigenvalue weighted by molar-refractivity contribution is 0.518. The van der Waals surface area contributed by atoms with Crippen molar-refractivity contribution in [2.24, 2.45) is 0 Å². The third-order valence-corrected chi connectivity index (χ3v) is 5.41. The van der Waals surface area contributed by atoms with Gasteiger partial charge < -0.3 is 0 Å². The number of sulfonamides is 1. The molecule has 1 atom stereocenters. The van der Waals surface area contributed by atoms with Gasteiger partial charge >= 0.3 is 0 Å². The molecule has 0 aliphatic rings. The van der Waals surface area contributed by atoms with Crippen LogP contribution in [0, 0.1) is 6.92 Å². The van der Waals surface area contributed by atoms with Crippen molar-refractivity contribution in [2.45, 2.75) is 50.5 Å². The highest BCUT2D eigenvalue weighted by molar-refractivity contribution is 7.89. The standard InChI is InChI=1S/C19H25NO2S/c1-3-4-6-11-19(17-9-7-5-8-10-17)20-23(21,22)18-14-12-16(2)13-15-18/h5,7-10,12-15,19-20H,3-4,6,11H2,1-2H3. The van der Waals surface area contributed by atoms with E-state index in [4.69, 9.17) is 0 Å². The quantitative estimate of drug-likeness (QED) is 0.719. The number of nitrogens with one attached hydrogen (secondary N) is 1.